The number of rotatable bonds is 4. The van der Waals surface area contributed by atoms with Gasteiger partial charge in [-0.05, 0) is 49.1 Å². The number of carbonyl (C=O) groups excluding carboxylic acids is 3. The lowest BCUT2D eigenvalue weighted by Crippen LogP contribution is -2.35. The van der Waals surface area contributed by atoms with E-state index in [2.05, 4.69) is 10.6 Å². The first kappa shape index (κ1) is 17.0. The van der Waals surface area contributed by atoms with E-state index >= 15 is 0 Å². The molecule has 1 heterocycles. The molecule has 0 atom stereocenters. The highest BCUT2D eigenvalue weighted by atomic mass is 32.1. The van der Waals surface area contributed by atoms with Crippen molar-refractivity contribution in [2.45, 2.75) is 19.3 Å². The molecular weight excluding hydrogens is 342 g/mol. The van der Waals surface area contributed by atoms with E-state index in [-0.39, 0.29) is 5.91 Å². The van der Waals surface area contributed by atoms with E-state index in [0.29, 0.717) is 21.9 Å². The topological polar surface area (TPSA) is 111 Å². The molecule has 1 aromatic carbocycles. The van der Waals surface area contributed by atoms with Gasteiger partial charge in [0.15, 0.2) is 0 Å². The number of urea groups is 1. The molecule has 0 radical (unpaired) electrons. The zero-order valence-corrected chi connectivity index (χ0v) is 14.4. The Kier molecular flexibility index (Phi) is 4.71. The predicted molar refractivity (Wildman–Crippen MR) is 94.3 cm³/mol. The number of amides is 4. The van der Waals surface area contributed by atoms with Crippen LogP contribution in [0.5, 0.6) is 5.75 Å². The van der Waals surface area contributed by atoms with Crippen LogP contribution < -0.4 is 21.1 Å². The molecule has 8 heteroatoms. The third-order valence-electron chi connectivity index (χ3n) is 3.96. The zero-order chi connectivity index (χ0) is 18.0. The number of carbonyl (C=O) groups is 3. The fraction of sp³-hybridized carbons (Fsp3) is 0.235. The first-order chi connectivity index (χ1) is 12.0. The van der Waals surface area contributed by atoms with Crippen LogP contribution in [0.3, 0.4) is 0 Å². The summed E-state index contributed by atoms with van der Waals surface area (Å²) < 4.78 is 5.07. The van der Waals surface area contributed by atoms with Crippen molar-refractivity contribution in [3.8, 4) is 5.75 Å². The Balaban J connectivity index is 1.87. The molecule has 0 saturated carbocycles. The summed E-state index contributed by atoms with van der Waals surface area (Å²) in [6.07, 6.45) is 2.55. The van der Waals surface area contributed by atoms with Crippen LogP contribution >= 0.6 is 11.3 Å². The number of aryl methyl sites for hydroxylation is 1. The average Bonchev–Trinajstić information content (AvgIpc) is 3.14. The van der Waals surface area contributed by atoms with Crippen molar-refractivity contribution in [1.29, 1.82) is 0 Å². The summed E-state index contributed by atoms with van der Waals surface area (Å²) in [6.45, 7) is 0. The number of imide groups is 1. The fourth-order valence-electron chi connectivity index (χ4n) is 2.82. The van der Waals surface area contributed by atoms with E-state index < -0.39 is 11.9 Å². The number of fused-ring (bicyclic) bond motifs is 1. The fourth-order valence-corrected chi connectivity index (χ4v) is 4.11. The molecule has 2 aromatic rings. The lowest BCUT2D eigenvalue weighted by Gasteiger charge is -2.08. The zero-order valence-electron chi connectivity index (χ0n) is 13.5. The lowest BCUT2D eigenvalue weighted by molar-refractivity contribution is 0.0966. The maximum Gasteiger partial charge on any atom is 0.319 e. The Morgan fingerprint density at radius 1 is 1.12 bits per heavy atom. The van der Waals surface area contributed by atoms with Gasteiger partial charge in [-0.15, -0.1) is 11.3 Å². The maximum atomic E-state index is 12.5. The number of hydrogen-bond donors (Lipinski definition) is 3. The second kappa shape index (κ2) is 6.94. The second-order valence-electron chi connectivity index (χ2n) is 5.56. The van der Waals surface area contributed by atoms with Gasteiger partial charge in [-0.2, -0.15) is 0 Å². The number of nitrogens with two attached hydrogens (primary N) is 1. The molecule has 1 aliphatic carbocycles. The molecule has 25 heavy (non-hydrogen) atoms. The summed E-state index contributed by atoms with van der Waals surface area (Å²) in [6, 6.07) is 5.72. The molecule has 0 unspecified atom stereocenters. The van der Waals surface area contributed by atoms with E-state index in [1.54, 1.807) is 31.4 Å². The smallest absolute Gasteiger partial charge is 0.319 e. The first-order valence-corrected chi connectivity index (χ1v) is 8.52. The summed E-state index contributed by atoms with van der Waals surface area (Å²) >= 11 is 1.37. The normalized spacial score (nSPS) is 12.4. The quantitative estimate of drug-likeness (QED) is 0.778. The minimum atomic E-state index is -0.921. The van der Waals surface area contributed by atoms with Crippen molar-refractivity contribution in [3.05, 3.63) is 45.8 Å². The van der Waals surface area contributed by atoms with Gasteiger partial charge in [0, 0.05) is 10.4 Å². The largest absolute Gasteiger partial charge is 0.497 e. The van der Waals surface area contributed by atoms with Crippen LogP contribution in [0.2, 0.25) is 0 Å². The van der Waals surface area contributed by atoms with Gasteiger partial charge in [-0.3, -0.25) is 14.9 Å². The highest BCUT2D eigenvalue weighted by molar-refractivity contribution is 7.17. The number of benzene rings is 1. The Labute approximate surface area is 148 Å². The standard InChI is InChI=1S/C17H17N3O4S/c1-24-10-7-5-9(6-8-10)14(21)19-16-13(15(22)20-17(18)23)11-3-2-4-12(11)25-16/h5-8H,2-4H2,1H3,(H,19,21)(H3,18,20,22,23). The van der Waals surface area contributed by atoms with E-state index in [4.69, 9.17) is 10.5 Å². The van der Waals surface area contributed by atoms with Crippen molar-refractivity contribution >= 4 is 34.2 Å². The average molecular weight is 359 g/mol. The van der Waals surface area contributed by atoms with E-state index in [1.807, 2.05) is 0 Å². The summed E-state index contributed by atoms with van der Waals surface area (Å²) in [4.78, 5) is 36.9. The van der Waals surface area contributed by atoms with Gasteiger partial charge in [0.2, 0.25) is 0 Å². The van der Waals surface area contributed by atoms with E-state index in [1.165, 1.54) is 11.3 Å². The molecule has 130 valence electrons. The number of ether oxygens (including phenoxy) is 1. The van der Waals surface area contributed by atoms with Crippen molar-refractivity contribution in [2.24, 2.45) is 5.73 Å². The SMILES string of the molecule is COc1ccc(C(=O)Nc2sc3c(c2C(=O)NC(N)=O)CCC3)cc1. The highest BCUT2D eigenvalue weighted by Gasteiger charge is 2.28. The molecule has 1 aliphatic rings. The molecule has 0 saturated heterocycles. The summed E-state index contributed by atoms with van der Waals surface area (Å²) in [5.74, 6) is -0.277. The molecule has 1 aromatic heterocycles. The van der Waals surface area contributed by atoms with Crippen LogP contribution in [0.4, 0.5) is 9.80 Å². The molecule has 7 nitrogen and oxygen atoms in total. The van der Waals surface area contributed by atoms with Crippen LogP contribution in [0.1, 0.15) is 37.6 Å². The minimum absolute atomic E-state index is 0.332. The Morgan fingerprint density at radius 3 is 2.48 bits per heavy atom. The van der Waals surface area contributed by atoms with Crippen LogP contribution in [-0.4, -0.2) is 25.0 Å². The van der Waals surface area contributed by atoms with Crippen molar-refractivity contribution < 1.29 is 19.1 Å². The number of primary amides is 1. The van der Waals surface area contributed by atoms with Gasteiger partial charge in [-0.1, -0.05) is 0 Å². The van der Waals surface area contributed by atoms with Gasteiger partial charge in [0.05, 0.1) is 12.7 Å². The first-order valence-electron chi connectivity index (χ1n) is 7.70. The summed E-state index contributed by atoms with van der Waals surface area (Å²) in [5.41, 5.74) is 6.70. The third kappa shape index (κ3) is 3.48. The summed E-state index contributed by atoms with van der Waals surface area (Å²) in [7, 11) is 1.55. The number of methoxy groups -OCH3 is 1. The van der Waals surface area contributed by atoms with E-state index in [9.17, 15) is 14.4 Å². The number of thiophene rings is 1. The lowest BCUT2D eigenvalue weighted by atomic mass is 10.1. The molecule has 3 rings (SSSR count). The van der Waals surface area contributed by atoms with Crippen LogP contribution in [0, 0.1) is 0 Å². The van der Waals surface area contributed by atoms with Crippen LogP contribution in [0.25, 0.3) is 0 Å². The highest BCUT2D eigenvalue weighted by Crippen LogP contribution is 2.39. The van der Waals surface area contributed by atoms with Crippen molar-refractivity contribution in [2.75, 3.05) is 12.4 Å². The molecule has 0 spiro atoms. The van der Waals surface area contributed by atoms with Crippen molar-refractivity contribution in [3.63, 3.8) is 0 Å². The van der Waals surface area contributed by atoms with Crippen LogP contribution in [-0.2, 0) is 12.8 Å². The molecule has 0 bridgehead atoms. The minimum Gasteiger partial charge on any atom is -0.497 e. The molecule has 0 fully saturated rings. The Hall–Kier alpha value is -2.87. The van der Waals surface area contributed by atoms with Gasteiger partial charge in [0.25, 0.3) is 11.8 Å². The Bertz CT molecular complexity index is 842. The van der Waals surface area contributed by atoms with Crippen LogP contribution in [0.15, 0.2) is 24.3 Å². The molecule has 4 amide bonds. The predicted octanol–water partition coefficient (Wildman–Crippen LogP) is 2.31. The number of hydrogen-bond acceptors (Lipinski definition) is 5. The van der Waals surface area contributed by atoms with Crippen molar-refractivity contribution in [1.82, 2.24) is 5.32 Å². The second-order valence-corrected chi connectivity index (χ2v) is 6.67. The summed E-state index contributed by atoms with van der Waals surface area (Å²) in [5, 5.41) is 5.29. The van der Waals surface area contributed by atoms with Gasteiger partial charge >= 0.3 is 6.03 Å². The van der Waals surface area contributed by atoms with Gasteiger partial charge in [-0.25, -0.2) is 4.79 Å². The number of nitrogens with one attached hydrogen (secondary N) is 2. The maximum absolute atomic E-state index is 12.5. The molecule has 0 aliphatic heterocycles. The monoisotopic (exact) mass is 359 g/mol. The molecular formula is C17H17N3O4S. The van der Waals surface area contributed by atoms with Gasteiger partial charge < -0.3 is 15.8 Å². The Morgan fingerprint density at radius 2 is 1.84 bits per heavy atom. The van der Waals surface area contributed by atoms with Gasteiger partial charge in [0.1, 0.15) is 10.8 Å². The number of anilines is 1. The third-order valence-corrected chi connectivity index (χ3v) is 5.17. The molecule has 4 N–H and O–H groups in total. The van der Waals surface area contributed by atoms with E-state index in [0.717, 1.165) is 29.7 Å².